The number of amides is 1. The largest absolute Gasteiger partial charge is 0.481 e. The minimum absolute atomic E-state index is 0.133. The number of benzene rings is 1. The fourth-order valence-electron chi connectivity index (χ4n) is 1.87. The standard InChI is InChI=1S/C11H9NO7S/c13-9(14)3-4-12-8-2-1-6(20(17,18)19)5-7(8)10(15)11(12)16/h1-2,5H,3-4H2,(H,13,14)(H,17,18,19). The van der Waals surface area contributed by atoms with Gasteiger partial charge in [-0.05, 0) is 18.2 Å². The summed E-state index contributed by atoms with van der Waals surface area (Å²) in [5, 5.41) is 8.59. The highest BCUT2D eigenvalue weighted by atomic mass is 32.2. The third-order valence-corrected chi connectivity index (χ3v) is 3.64. The average Bonchev–Trinajstić information content (AvgIpc) is 2.58. The first-order chi connectivity index (χ1) is 9.21. The summed E-state index contributed by atoms with van der Waals surface area (Å²) in [5.41, 5.74) is -0.0378. The van der Waals surface area contributed by atoms with Crippen LogP contribution in [0.2, 0.25) is 0 Å². The molecule has 0 radical (unpaired) electrons. The van der Waals surface area contributed by atoms with E-state index >= 15 is 0 Å². The Bertz CT molecular complexity index is 722. The van der Waals surface area contributed by atoms with E-state index in [-0.39, 0.29) is 24.2 Å². The van der Waals surface area contributed by atoms with Crippen molar-refractivity contribution in [2.45, 2.75) is 11.3 Å². The fourth-order valence-corrected chi connectivity index (χ4v) is 2.38. The Balaban J connectivity index is 2.44. The van der Waals surface area contributed by atoms with Crippen molar-refractivity contribution in [3.05, 3.63) is 23.8 Å². The molecule has 0 unspecified atom stereocenters. The minimum atomic E-state index is -4.48. The lowest BCUT2D eigenvalue weighted by molar-refractivity contribution is -0.136. The molecule has 0 aromatic heterocycles. The lowest BCUT2D eigenvalue weighted by Crippen LogP contribution is -2.31. The summed E-state index contributed by atoms with van der Waals surface area (Å²) in [6, 6.07) is 3.11. The van der Waals surface area contributed by atoms with Gasteiger partial charge in [0.05, 0.1) is 22.6 Å². The summed E-state index contributed by atoms with van der Waals surface area (Å²) in [7, 11) is -4.48. The second kappa shape index (κ2) is 4.69. The summed E-state index contributed by atoms with van der Waals surface area (Å²) < 4.78 is 30.9. The Morgan fingerprint density at radius 2 is 1.90 bits per heavy atom. The molecule has 2 rings (SSSR count). The zero-order valence-electron chi connectivity index (χ0n) is 9.94. The fraction of sp³-hybridized carbons (Fsp3) is 0.182. The number of nitrogens with zero attached hydrogens (tertiary/aromatic N) is 1. The van der Waals surface area contributed by atoms with Gasteiger partial charge in [-0.2, -0.15) is 8.42 Å². The molecule has 0 atom stereocenters. The van der Waals surface area contributed by atoms with E-state index in [4.69, 9.17) is 9.66 Å². The molecule has 0 saturated heterocycles. The summed E-state index contributed by atoms with van der Waals surface area (Å²) in [6.45, 7) is -0.196. The Labute approximate surface area is 113 Å². The van der Waals surface area contributed by atoms with E-state index in [9.17, 15) is 22.8 Å². The second-order valence-electron chi connectivity index (χ2n) is 4.08. The van der Waals surface area contributed by atoms with Crippen LogP contribution in [0.25, 0.3) is 0 Å². The highest BCUT2D eigenvalue weighted by Crippen LogP contribution is 2.31. The van der Waals surface area contributed by atoms with Crippen molar-refractivity contribution >= 4 is 33.5 Å². The molecule has 1 heterocycles. The van der Waals surface area contributed by atoms with Crippen LogP contribution in [0.15, 0.2) is 23.1 Å². The summed E-state index contributed by atoms with van der Waals surface area (Å²) in [4.78, 5) is 34.4. The van der Waals surface area contributed by atoms with E-state index < -0.39 is 32.7 Å². The van der Waals surface area contributed by atoms with Crippen molar-refractivity contribution in [1.82, 2.24) is 0 Å². The molecule has 106 valence electrons. The van der Waals surface area contributed by atoms with Crippen LogP contribution in [0.1, 0.15) is 16.8 Å². The van der Waals surface area contributed by atoms with Crippen LogP contribution in [0.3, 0.4) is 0 Å². The van der Waals surface area contributed by atoms with Gasteiger partial charge >= 0.3 is 5.97 Å². The number of Topliss-reactive ketones (excluding diaryl/α,β-unsaturated/α-hetero) is 1. The molecule has 0 bridgehead atoms. The molecule has 1 aliphatic heterocycles. The van der Waals surface area contributed by atoms with Crippen molar-refractivity contribution < 1.29 is 32.5 Å². The number of rotatable bonds is 4. The van der Waals surface area contributed by atoms with Crippen LogP contribution in [0.4, 0.5) is 5.69 Å². The topological polar surface area (TPSA) is 129 Å². The van der Waals surface area contributed by atoms with Gasteiger partial charge in [0.25, 0.3) is 21.8 Å². The van der Waals surface area contributed by atoms with Crippen molar-refractivity contribution in [3.8, 4) is 0 Å². The minimum Gasteiger partial charge on any atom is -0.481 e. The molecule has 2 N–H and O–H groups in total. The quantitative estimate of drug-likeness (QED) is 0.588. The highest BCUT2D eigenvalue weighted by molar-refractivity contribution is 7.85. The first-order valence-electron chi connectivity index (χ1n) is 5.41. The number of carbonyl (C=O) groups excluding carboxylic acids is 2. The lowest BCUT2D eigenvalue weighted by Gasteiger charge is -2.14. The molecule has 0 fully saturated rings. The number of ketones is 1. The van der Waals surface area contributed by atoms with Gasteiger partial charge in [-0.25, -0.2) is 0 Å². The molecular weight excluding hydrogens is 290 g/mol. The normalized spacial score (nSPS) is 14.6. The number of hydrogen-bond acceptors (Lipinski definition) is 5. The van der Waals surface area contributed by atoms with Crippen molar-refractivity contribution in [2.24, 2.45) is 0 Å². The SMILES string of the molecule is O=C(O)CCN1C(=O)C(=O)c2cc(S(=O)(=O)O)ccc21. The Hall–Kier alpha value is -2.26. The predicted molar refractivity (Wildman–Crippen MR) is 65.2 cm³/mol. The summed E-state index contributed by atoms with van der Waals surface area (Å²) in [6.07, 6.45) is -0.349. The zero-order chi connectivity index (χ0) is 15.1. The van der Waals surface area contributed by atoms with Crippen LogP contribution < -0.4 is 4.90 Å². The van der Waals surface area contributed by atoms with Crippen LogP contribution in [0.5, 0.6) is 0 Å². The van der Waals surface area contributed by atoms with E-state index in [0.717, 1.165) is 17.0 Å². The van der Waals surface area contributed by atoms with Gasteiger partial charge in [-0.1, -0.05) is 0 Å². The summed E-state index contributed by atoms with van der Waals surface area (Å²) in [5.74, 6) is -2.99. The van der Waals surface area contributed by atoms with Gasteiger partial charge in [0, 0.05) is 6.54 Å². The van der Waals surface area contributed by atoms with E-state index in [0.29, 0.717) is 0 Å². The molecule has 0 spiro atoms. The molecule has 1 aliphatic rings. The Morgan fingerprint density at radius 3 is 2.45 bits per heavy atom. The maximum absolute atomic E-state index is 11.7. The zero-order valence-corrected chi connectivity index (χ0v) is 10.8. The molecule has 8 nitrogen and oxygen atoms in total. The van der Waals surface area contributed by atoms with Gasteiger partial charge in [-0.15, -0.1) is 0 Å². The average molecular weight is 299 g/mol. The van der Waals surface area contributed by atoms with E-state index in [1.54, 1.807) is 0 Å². The van der Waals surface area contributed by atoms with E-state index in [1.807, 2.05) is 0 Å². The molecule has 9 heteroatoms. The number of fused-ring (bicyclic) bond motifs is 1. The third-order valence-electron chi connectivity index (χ3n) is 2.79. The molecule has 0 saturated carbocycles. The number of hydrogen-bond donors (Lipinski definition) is 2. The maximum atomic E-state index is 11.7. The molecule has 0 aliphatic carbocycles. The first kappa shape index (κ1) is 14.2. The van der Waals surface area contributed by atoms with Gasteiger partial charge < -0.3 is 10.0 Å². The Kier molecular flexibility index (Phi) is 3.32. The molecule has 1 aromatic rings. The van der Waals surface area contributed by atoms with Gasteiger partial charge in [0.2, 0.25) is 0 Å². The van der Waals surface area contributed by atoms with Crippen LogP contribution in [0, 0.1) is 0 Å². The molecule has 20 heavy (non-hydrogen) atoms. The van der Waals surface area contributed by atoms with Crippen molar-refractivity contribution in [1.29, 1.82) is 0 Å². The second-order valence-corrected chi connectivity index (χ2v) is 5.51. The molecule has 1 amide bonds. The number of carboxylic acids is 1. The monoisotopic (exact) mass is 299 g/mol. The highest BCUT2D eigenvalue weighted by Gasteiger charge is 2.36. The van der Waals surface area contributed by atoms with Crippen LogP contribution in [-0.2, 0) is 19.7 Å². The van der Waals surface area contributed by atoms with Crippen LogP contribution >= 0.6 is 0 Å². The van der Waals surface area contributed by atoms with Crippen LogP contribution in [-0.4, -0.2) is 42.3 Å². The Morgan fingerprint density at radius 1 is 1.25 bits per heavy atom. The van der Waals surface area contributed by atoms with Gasteiger partial charge in [0.1, 0.15) is 0 Å². The number of carbonyl (C=O) groups is 3. The van der Waals surface area contributed by atoms with E-state index in [2.05, 4.69) is 0 Å². The molecule has 1 aromatic carbocycles. The first-order valence-corrected chi connectivity index (χ1v) is 6.85. The number of anilines is 1. The van der Waals surface area contributed by atoms with E-state index in [1.165, 1.54) is 6.07 Å². The third kappa shape index (κ3) is 2.40. The summed E-state index contributed by atoms with van der Waals surface area (Å²) >= 11 is 0. The smallest absolute Gasteiger partial charge is 0.305 e. The molecular formula is C11H9NO7S. The van der Waals surface area contributed by atoms with Crippen molar-refractivity contribution in [3.63, 3.8) is 0 Å². The van der Waals surface area contributed by atoms with Gasteiger partial charge in [-0.3, -0.25) is 18.9 Å². The predicted octanol–water partition coefficient (Wildman–Crippen LogP) is -0.0627. The lowest BCUT2D eigenvalue weighted by atomic mass is 10.1. The maximum Gasteiger partial charge on any atom is 0.305 e. The van der Waals surface area contributed by atoms with Crippen molar-refractivity contribution in [2.75, 3.05) is 11.4 Å². The number of carboxylic acid groups (broad SMARTS) is 1. The van der Waals surface area contributed by atoms with Gasteiger partial charge in [0.15, 0.2) is 0 Å². The number of aliphatic carboxylic acids is 1.